The van der Waals surface area contributed by atoms with E-state index in [0.29, 0.717) is 11.3 Å². The molecule has 4 nitrogen and oxygen atoms in total. The molecule has 138 valence electrons. The number of phenolic OH excluding ortho intramolecular Hbond substituents is 1. The van der Waals surface area contributed by atoms with Gasteiger partial charge in [0.2, 0.25) is 0 Å². The number of unbranched alkanes of at least 4 members (excludes halogenated alkanes) is 1. The Morgan fingerprint density at radius 2 is 1.92 bits per heavy atom. The van der Waals surface area contributed by atoms with Gasteiger partial charge >= 0.3 is 0 Å². The highest BCUT2D eigenvalue weighted by molar-refractivity contribution is 5.56. The number of aromatic hydroxyl groups is 1. The van der Waals surface area contributed by atoms with Crippen molar-refractivity contribution in [1.29, 1.82) is 0 Å². The van der Waals surface area contributed by atoms with Crippen LogP contribution in [0.2, 0.25) is 0 Å². The summed E-state index contributed by atoms with van der Waals surface area (Å²) in [5, 5.41) is 33.1. The van der Waals surface area contributed by atoms with Gasteiger partial charge in [-0.2, -0.15) is 0 Å². The average Bonchev–Trinajstić information content (AvgIpc) is 2.53. The molecule has 2 aliphatic rings. The van der Waals surface area contributed by atoms with E-state index in [1.807, 2.05) is 39.8 Å². The summed E-state index contributed by atoms with van der Waals surface area (Å²) in [5.41, 5.74) is 0.143. The number of ether oxygens (including phenoxy) is 1. The Balaban J connectivity index is 2.18. The summed E-state index contributed by atoms with van der Waals surface area (Å²) in [7, 11) is 0. The van der Waals surface area contributed by atoms with E-state index >= 15 is 0 Å². The molecule has 4 atom stereocenters. The maximum Gasteiger partial charge on any atom is 0.140 e. The van der Waals surface area contributed by atoms with Gasteiger partial charge in [-0.3, -0.25) is 0 Å². The van der Waals surface area contributed by atoms with Gasteiger partial charge in [0, 0.05) is 17.4 Å². The Bertz CT molecular complexity index is 706. The normalized spacial score (nSPS) is 33.1. The molecule has 0 bridgehead atoms. The maximum absolute atomic E-state index is 11.5. The molecule has 1 aromatic rings. The summed E-state index contributed by atoms with van der Waals surface area (Å²) in [6, 6.07) is 3.74. The van der Waals surface area contributed by atoms with Gasteiger partial charge in [-0.05, 0) is 51.3 Å². The van der Waals surface area contributed by atoms with E-state index in [9.17, 15) is 15.3 Å². The lowest BCUT2D eigenvalue weighted by Gasteiger charge is -2.56. The molecule has 1 aliphatic carbocycles. The van der Waals surface area contributed by atoms with Crippen LogP contribution >= 0.6 is 0 Å². The number of benzene rings is 1. The first-order valence-electron chi connectivity index (χ1n) is 9.27. The third kappa shape index (κ3) is 2.58. The van der Waals surface area contributed by atoms with Gasteiger partial charge in [0.1, 0.15) is 22.7 Å². The number of hydrogen-bond acceptors (Lipinski definition) is 4. The Morgan fingerprint density at radius 1 is 1.24 bits per heavy atom. The van der Waals surface area contributed by atoms with Gasteiger partial charge in [-0.1, -0.05) is 31.9 Å². The predicted molar refractivity (Wildman–Crippen MR) is 98.0 cm³/mol. The lowest BCUT2D eigenvalue weighted by molar-refractivity contribution is -0.206. The lowest BCUT2D eigenvalue weighted by atomic mass is 9.60. The van der Waals surface area contributed by atoms with Crippen molar-refractivity contribution in [1.82, 2.24) is 0 Å². The van der Waals surface area contributed by atoms with Crippen molar-refractivity contribution in [3.05, 3.63) is 34.9 Å². The molecule has 4 unspecified atom stereocenters. The molecular weight excluding hydrogens is 316 g/mol. The summed E-state index contributed by atoms with van der Waals surface area (Å²) < 4.78 is 6.15. The molecule has 1 aliphatic heterocycles. The van der Waals surface area contributed by atoms with Gasteiger partial charge in [-0.25, -0.2) is 0 Å². The minimum absolute atomic E-state index is 0.133. The molecule has 0 fully saturated rings. The second-order valence-corrected chi connectivity index (χ2v) is 8.19. The monoisotopic (exact) mass is 346 g/mol. The SMILES string of the molecule is CCCCc1cc(O)c2c(c1)OC(C)(C)C1(O)C2C=C(C)C(C)C1O. The van der Waals surface area contributed by atoms with Crippen LogP contribution in [0.3, 0.4) is 0 Å². The molecule has 4 heteroatoms. The molecule has 0 spiro atoms. The Hall–Kier alpha value is -1.52. The van der Waals surface area contributed by atoms with Crippen LogP contribution < -0.4 is 4.74 Å². The first kappa shape index (κ1) is 18.3. The molecule has 0 radical (unpaired) electrons. The van der Waals surface area contributed by atoms with Crippen LogP contribution in [0.25, 0.3) is 0 Å². The van der Waals surface area contributed by atoms with Crippen LogP contribution in [0.15, 0.2) is 23.8 Å². The highest BCUT2D eigenvalue weighted by Gasteiger charge is 2.62. The predicted octanol–water partition coefficient (Wildman–Crippen LogP) is 3.68. The van der Waals surface area contributed by atoms with Gasteiger partial charge in [-0.15, -0.1) is 0 Å². The zero-order chi connectivity index (χ0) is 18.6. The molecule has 0 saturated heterocycles. The molecule has 1 aromatic carbocycles. The number of aryl methyl sites for hydroxylation is 1. The zero-order valence-corrected chi connectivity index (χ0v) is 15.8. The van der Waals surface area contributed by atoms with Crippen molar-refractivity contribution in [2.24, 2.45) is 5.92 Å². The summed E-state index contributed by atoms with van der Waals surface area (Å²) in [5.74, 6) is 0.0687. The smallest absolute Gasteiger partial charge is 0.140 e. The quantitative estimate of drug-likeness (QED) is 0.730. The highest BCUT2D eigenvalue weighted by Crippen LogP contribution is 2.56. The van der Waals surface area contributed by atoms with Gasteiger partial charge in [0.25, 0.3) is 0 Å². The number of rotatable bonds is 3. The number of hydrogen-bond donors (Lipinski definition) is 3. The fraction of sp³-hybridized carbons (Fsp3) is 0.619. The topological polar surface area (TPSA) is 69.9 Å². The largest absolute Gasteiger partial charge is 0.507 e. The van der Waals surface area contributed by atoms with E-state index in [4.69, 9.17) is 4.74 Å². The molecule has 0 amide bonds. The van der Waals surface area contributed by atoms with E-state index in [-0.39, 0.29) is 11.7 Å². The summed E-state index contributed by atoms with van der Waals surface area (Å²) in [6.45, 7) is 9.62. The van der Waals surface area contributed by atoms with Crippen LogP contribution in [0.1, 0.15) is 64.5 Å². The molecule has 3 rings (SSSR count). The van der Waals surface area contributed by atoms with Crippen LogP contribution in [0.4, 0.5) is 0 Å². The second-order valence-electron chi connectivity index (χ2n) is 8.19. The van der Waals surface area contributed by atoms with E-state index in [1.54, 1.807) is 6.07 Å². The zero-order valence-electron chi connectivity index (χ0n) is 15.8. The van der Waals surface area contributed by atoms with Crippen molar-refractivity contribution >= 4 is 0 Å². The van der Waals surface area contributed by atoms with E-state index in [2.05, 4.69) is 6.92 Å². The van der Waals surface area contributed by atoms with Gasteiger partial charge in [0.05, 0.1) is 6.10 Å². The Kier molecular flexibility index (Phi) is 4.41. The lowest BCUT2D eigenvalue weighted by Crippen LogP contribution is -2.68. The minimum Gasteiger partial charge on any atom is -0.507 e. The second kappa shape index (κ2) is 6.03. The molecule has 25 heavy (non-hydrogen) atoms. The van der Waals surface area contributed by atoms with Crippen LogP contribution in [0.5, 0.6) is 11.5 Å². The van der Waals surface area contributed by atoms with Crippen molar-refractivity contribution in [3.8, 4) is 11.5 Å². The van der Waals surface area contributed by atoms with Crippen molar-refractivity contribution in [3.63, 3.8) is 0 Å². The number of aliphatic hydroxyl groups is 2. The summed E-state index contributed by atoms with van der Waals surface area (Å²) in [4.78, 5) is 0. The minimum atomic E-state index is -1.50. The third-order valence-corrected chi connectivity index (χ3v) is 6.19. The fourth-order valence-electron chi connectivity index (χ4n) is 4.34. The highest BCUT2D eigenvalue weighted by atomic mass is 16.5. The summed E-state index contributed by atoms with van der Waals surface area (Å²) in [6.07, 6.45) is 4.02. The molecule has 1 heterocycles. The van der Waals surface area contributed by atoms with Crippen LogP contribution in [-0.4, -0.2) is 32.6 Å². The number of phenols is 1. The first-order valence-corrected chi connectivity index (χ1v) is 9.27. The molecule has 0 aromatic heterocycles. The number of aliphatic hydroxyl groups excluding tert-OH is 1. The van der Waals surface area contributed by atoms with E-state index in [0.717, 1.165) is 30.4 Å². The van der Waals surface area contributed by atoms with E-state index < -0.39 is 23.2 Å². The molecule has 0 saturated carbocycles. The Morgan fingerprint density at radius 3 is 2.56 bits per heavy atom. The maximum atomic E-state index is 11.5. The standard InChI is InChI=1S/C21H30O4/c1-6-7-8-14-10-16(22)18-15-9-12(2)13(3)19(23)21(15,24)20(4,5)25-17(18)11-14/h9-11,13,15,19,22-24H,6-8H2,1-5H3. The average molecular weight is 346 g/mol. The third-order valence-electron chi connectivity index (χ3n) is 6.19. The van der Waals surface area contributed by atoms with Crippen molar-refractivity contribution in [2.75, 3.05) is 0 Å². The fourth-order valence-corrected chi connectivity index (χ4v) is 4.34. The first-order chi connectivity index (χ1) is 11.6. The Labute approximate surface area is 150 Å². The molecule has 3 N–H and O–H groups in total. The van der Waals surface area contributed by atoms with Crippen molar-refractivity contribution in [2.45, 2.75) is 77.1 Å². The molecular formula is C21H30O4. The van der Waals surface area contributed by atoms with E-state index in [1.165, 1.54) is 0 Å². The summed E-state index contributed by atoms with van der Waals surface area (Å²) >= 11 is 0. The number of fused-ring (bicyclic) bond motifs is 3. The van der Waals surface area contributed by atoms with Crippen molar-refractivity contribution < 1.29 is 20.1 Å². The van der Waals surface area contributed by atoms with Gasteiger partial charge in [0.15, 0.2) is 0 Å². The van der Waals surface area contributed by atoms with Gasteiger partial charge < -0.3 is 20.1 Å². The van der Waals surface area contributed by atoms with Crippen LogP contribution in [0, 0.1) is 5.92 Å². The van der Waals surface area contributed by atoms with Crippen LogP contribution in [-0.2, 0) is 6.42 Å².